The van der Waals surface area contributed by atoms with Crippen LogP contribution in [0.5, 0.6) is 0 Å². The van der Waals surface area contributed by atoms with Crippen molar-refractivity contribution < 1.29 is 4.79 Å². The standard InChI is InChI=1S/C15H21ClN2O/c1-10-6-8-11(9-7-10)18(2)15(19)12-4-3-5-13(16)14(12)17/h3-5,10-11H,6-9,17H2,1-2H3. The molecule has 1 aromatic carbocycles. The number of nitrogen functional groups attached to an aromatic ring is 1. The van der Waals surface area contributed by atoms with Crippen molar-refractivity contribution in [3.63, 3.8) is 0 Å². The fourth-order valence-electron chi connectivity index (χ4n) is 2.71. The molecule has 1 saturated carbocycles. The fraction of sp³-hybridized carbons (Fsp3) is 0.533. The van der Waals surface area contributed by atoms with Gasteiger partial charge in [0, 0.05) is 13.1 Å². The maximum Gasteiger partial charge on any atom is 0.255 e. The van der Waals surface area contributed by atoms with Crippen molar-refractivity contribution in [3.8, 4) is 0 Å². The molecule has 0 aliphatic heterocycles. The number of halogens is 1. The number of carbonyl (C=O) groups excluding carboxylic acids is 1. The van der Waals surface area contributed by atoms with E-state index >= 15 is 0 Å². The van der Waals surface area contributed by atoms with Crippen molar-refractivity contribution in [3.05, 3.63) is 28.8 Å². The average molecular weight is 281 g/mol. The van der Waals surface area contributed by atoms with E-state index < -0.39 is 0 Å². The smallest absolute Gasteiger partial charge is 0.255 e. The Hall–Kier alpha value is -1.22. The molecule has 1 aromatic rings. The maximum absolute atomic E-state index is 12.5. The van der Waals surface area contributed by atoms with E-state index in [9.17, 15) is 4.79 Å². The minimum atomic E-state index is -0.0282. The number of hydrogen-bond donors (Lipinski definition) is 1. The highest BCUT2D eigenvalue weighted by atomic mass is 35.5. The van der Waals surface area contributed by atoms with E-state index in [-0.39, 0.29) is 5.91 Å². The van der Waals surface area contributed by atoms with Gasteiger partial charge in [-0.2, -0.15) is 0 Å². The van der Waals surface area contributed by atoms with E-state index in [1.54, 1.807) is 18.2 Å². The molecule has 1 aliphatic carbocycles. The van der Waals surface area contributed by atoms with E-state index in [1.807, 2.05) is 11.9 Å². The van der Waals surface area contributed by atoms with Crippen LogP contribution in [0.3, 0.4) is 0 Å². The Labute approximate surface area is 119 Å². The highest BCUT2D eigenvalue weighted by Gasteiger charge is 2.26. The monoisotopic (exact) mass is 280 g/mol. The van der Waals surface area contributed by atoms with Crippen molar-refractivity contribution in [1.82, 2.24) is 4.90 Å². The van der Waals surface area contributed by atoms with Crippen molar-refractivity contribution in [2.24, 2.45) is 5.92 Å². The second kappa shape index (κ2) is 5.83. The summed E-state index contributed by atoms with van der Waals surface area (Å²) in [5, 5.41) is 0.441. The third-order valence-corrected chi connectivity index (χ3v) is 4.47. The third-order valence-electron chi connectivity index (χ3n) is 4.14. The second-order valence-corrected chi connectivity index (χ2v) is 5.94. The summed E-state index contributed by atoms with van der Waals surface area (Å²) in [4.78, 5) is 14.3. The van der Waals surface area contributed by atoms with Gasteiger partial charge in [-0.25, -0.2) is 0 Å². The summed E-state index contributed by atoms with van der Waals surface area (Å²) in [6, 6.07) is 5.53. The van der Waals surface area contributed by atoms with Crippen LogP contribution in [0.2, 0.25) is 5.02 Å². The Kier molecular flexibility index (Phi) is 4.35. The van der Waals surface area contributed by atoms with Crippen molar-refractivity contribution in [2.75, 3.05) is 12.8 Å². The lowest BCUT2D eigenvalue weighted by molar-refractivity contribution is 0.0680. The van der Waals surface area contributed by atoms with Crippen molar-refractivity contribution >= 4 is 23.2 Å². The van der Waals surface area contributed by atoms with Gasteiger partial charge in [0.25, 0.3) is 5.91 Å². The van der Waals surface area contributed by atoms with Crippen LogP contribution in [0, 0.1) is 5.92 Å². The number of anilines is 1. The van der Waals surface area contributed by atoms with Crippen LogP contribution in [0.4, 0.5) is 5.69 Å². The van der Waals surface area contributed by atoms with Gasteiger partial charge in [0.05, 0.1) is 16.3 Å². The summed E-state index contributed by atoms with van der Waals surface area (Å²) < 4.78 is 0. The molecule has 0 unspecified atom stereocenters. The normalized spacial score (nSPS) is 23.1. The first kappa shape index (κ1) is 14.2. The molecule has 2 N–H and O–H groups in total. The van der Waals surface area contributed by atoms with Gasteiger partial charge in [0.15, 0.2) is 0 Å². The Morgan fingerprint density at radius 1 is 1.32 bits per heavy atom. The largest absolute Gasteiger partial charge is 0.397 e. The van der Waals surface area contributed by atoms with Crippen LogP contribution in [-0.2, 0) is 0 Å². The van der Waals surface area contributed by atoms with E-state index in [4.69, 9.17) is 17.3 Å². The molecular formula is C15H21ClN2O. The minimum absolute atomic E-state index is 0.0282. The number of amides is 1. The first-order valence-corrected chi connectivity index (χ1v) is 7.19. The number of nitrogens with zero attached hydrogens (tertiary/aromatic N) is 1. The van der Waals surface area contributed by atoms with E-state index in [2.05, 4.69) is 6.92 Å². The Morgan fingerprint density at radius 3 is 2.58 bits per heavy atom. The maximum atomic E-state index is 12.5. The molecule has 1 amide bonds. The van der Waals surface area contributed by atoms with E-state index in [1.165, 1.54) is 12.8 Å². The second-order valence-electron chi connectivity index (χ2n) is 5.53. The molecule has 1 fully saturated rings. The van der Waals surface area contributed by atoms with Crippen LogP contribution in [0.15, 0.2) is 18.2 Å². The molecule has 0 aromatic heterocycles. The first-order valence-electron chi connectivity index (χ1n) is 6.82. The number of para-hydroxylation sites is 1. The molecule has 104 valence electrons. The third kappa shape index (κ3) is 3.03. The lowest BCUT2D eigenvalue weighted by Gasteiger charge is -2.33. The summed E-state index contributed by atoms with van der Waals surface area (Å²) >= 11 is 5.97. The molecular weight excluding hydrogens is 260 g/mol. The number of rotatable bonds is 2. The molecule has 0 bridgehead atoms. The molecule has 0 heterocycles. The molecule has 0 spiro atoms. The summed E-state index contributed by atoms with van der Waals surface area (Å²) in [6.07, 6.45) is 4.52. The lowest BCUT2D eigenvalue weighted by Crippen LogP contribution is -2.39. The molecule has 1 aliphatic rings. The quantitative estimate of drug-likeness (QED) is 0.842. The highest BCUT2D eigenvalue weighted by molar-refractivity contribution is 6.33. The van der Waals surface area contributed by atoms with Gasteiger partial charge in [-0.1, -0.05) is 24.6 Å². The zero-order valence-electron chi connectivity index (χ0n) is 11.5. The number of benzene rings is 1. The first-order chi connectivity index (χ1) is 9.00. The SMILES string of the molecule is CC1CCC(N(C)C(=O)c2cccc(Cl)c2N)CC1. The molecule has 4 heteroatoms. The van der Waals surface area contributed by atoms with E-state index in [0.29, 0.717) is 22.3 Å². The number of nitrogens with two attached hydrogens (primary N) is 1. The Balaban J connectivity index is 2.13. The number of hydrogen-bond acceptors (Lipinski definition) is 2. The number of carbonyl (C=O) groups is 1. The van der Waals surface area contributed by atoms with Crippen LogP contribution >= 0.6 is 11.6 Å². The molecule has 0 atom stereocenters. The molecule has 2 rings (SSSR count). The van der Waals surface area contributed by atoms with Gasteiger partial charge in [0.1, 0.15) is 0 Å². The predicted octanol–water partition coefficient (Wildman–Crippen LogP) is 3.57. The van der Waals surface area contributed by atoms with E-state index in [0.717, 1.165) is 18.8 Å². The van der Waals surface area contributed by atoms with Gasteiger partial charge in [-0.15, -0.1) is 0 Å². The molecule has 19 heavy (non-hydrogen) atoms. The predicted molar refractivity (Wildman–Crippen MR) is 79.4 cm³/mol. The van der Waals surface area contributed by atoms with Gasteiger partial charge in [0.2, 0.25) is 0 Å². The summed E-state index contributed by atoms with van der Waals surface area (Å²) in [7, 11) is 1.86. The van der Waals surface area contributed by atoms with Crippen LogP contribution < -0.4 is 5.73 Å². The van der Waals surface area contributed by atoms with Gasteiger partial charge >= 0.3 is 0 Å². The van der Waals surface area contributed by atoms with Gasteiger partial charge < -0.3 is 10.6 Å². The Bertz CT molecular complexity index is 467. The van der Waals surface area contributed by atoms with Gasteiger partial charge in [-0.05, 0) is 43.7 Å². The molecule has 3 nitrogen and oxygen atoms in total. The summed E-state index contributed by atoms with van der Waals surface area (Å²) in [5.74, 6) is 0.746. The van der Waals surface area contributed by atoms with Gasteiger partial charge in [-0.3, -0.25) is 4.79 Å². The van der Waals surface area contributed by atoms with Crippen molar-refractivity contribution in [1.29, 1.82) is 0 Å². The zero-order chi connectivity index (χ0) is 14.0. The lowest BCUT2D eigenvalue weighted by atomic mass is 9.86. The van der Waals surface area contributed by atoms with Crippen molar-refractivity contribution in [2.45, 2.75) is 38.6 Å². The highest BCUT2D eigenvalue weighted by Crippen LogP contribution is 2.29. The topological polar surface area (TPSA) is 46.3 Å². The summed E-state index contributed by atoms with van der Waals surface area (Å²) in [6.45, 7) is 2.27. The van der Waals surface area contributed by atoms with Crippen LogP contribution in [0.1, 0.15) is 43.0 Å². The molecule has 0 radical (unpaired) electrons. The van der Waals surface area contributed by atoms with Crippen LogP contribution in [0.25, 0.3) is 0 Å². The fourth-order valence-corrected chi connectivity index (χ4v) is 2.88. The average Bonchev–Trinajstić information content (AvgIpc) is 2.41. The molecule has 0 saturated heterocycles. The summed E-state index contributed by atoms with van der Waals surface area (Å²) in [5.41, 5.74) is 6.78. The minimum Gasteiger partial charge on any atom is -0.397 e. The van der Waals surface area contributed by atoms with Crippen LogP contribution in [-0.4, -0.2) is 23.9 Å². The Morgan fingerprint density at radius 2 is 1.95 bits per heavy atom. The zero-order valence-corrected chi connectivity index (χ0v) is 12.3.